The maximum Gasteiger partial charge on any atom is 0.330 e. The van der Waals surface area contributed by atoms with Crippen molar-refractivity contribution in [3.63, 3.8) is 0 Å². The third-order valence-electron chi connectivity index (χ3n) is 2.14. The minimum Gasteiger partial charge on any atom is -0.469 e. The molecule has 1 rings (SSSR count). The summed E-state index contributed by atoms with van der Waals surface area (Å²) in [5, 5.41) is 15.2. The molecular formula is C15H20O7. The van der Waals surface area contributed by atoms with Gasteiger partial charge in [-0.1, -0.05) is 13.2 Å². The molecule has 122 valence electrons. The number of carbonyl (C=O) groups excluding carboxylic acids is 2. The van der Waals surface area contributed by atoms with Crippen LogP contribution in [0.2, 0.25) is 0 Å². The van der Waals surface area contributed by atoms with Crippen LogP contribution in [0.5, 0.6) is 0 Å². The number of ether oxygens (including phenoxy) is 2. The number of rotatable bonds is 8. The fourth-order valence-electron chi connectivity index (χ4n) is 1.23. The molecule has 1 aromatic heterocycles. The Morgan fingerprint density at radius 1 is 1.23 bits per heavy atom. The van der Waals surface area contributed by atoms with Gasteiger partial charge in [0.15, 0.2) is 0 Å². The van der Waals surface area contributed by atoms with Gasteiger partial charge < -0.3 is 24.1 Å². The van der Waals surface area contributed by atoms with Crippen LogP contribution in [0.3, 0.4) is 0 Å². The smallest absolute Gasteiger partial charge is 0.330 e. The Labute approximate surface area is 128 Å². The molecule has 7 nitrogen and oxygen atoms in total. The summed E-state index contributed by atoms with van der Waals surface area (Å²) < 4.78 is 15.0. The molecule has 0 saturated carbocycles. The lowest BCUT2D eigenvalue weighted by Crippen LogP contribution is -2.26. The molecular weight excluding hydrogens is 292 g/mol. The van der Waals surface area contributed by atoms with E-state index in [0.717, 1.165) is 12.2 Å². The Morgan fingerprint density at radius 3 is 2.32 bits per heavy atom. The first kappa shape index (κ1) is 19.6. The maximum absolute atomic E-state index is 11.1. The Hall–Kier alpha value is -2.38. The number of hydrogen-bond acceptors (Lipinski definition) is 7. The minimum absolute atomic E-state index is 0.0644. The lowest BCUT2D eigenvalue weighted by atomic mass is 10.2. The Kier molecular flexibility index (Phi) is 11.0. The Morgan fingerprint density at radius 2 is 1.86 bits per heavy atom. The molecule has 0 spiro atoms. The van der Waals surface area contributed by atoms with E-state index in [-0.39, 0.29) is 19.8 Å². The zero-order valence-electron chi connectivity index (χ0n) is 12.1. The largest absolute Gasteiger partial charge is 0.469 e. The molecule has 0 aliphatic carbocycles. The molecule has 2 N–H and O–H groups in total. The number of hydrogen-bond donors (Lipinski definition) is 2. The van der Waals surface area contributed by atoms with E-state index < -0.39 is 18.0 Å². The highest BCUT2D eigenvalue weighted by Gasteiger charge is 2.17. The van der Waals surface area contributed by atoms with Crippen LogP contribution in [0.25, 0.3) is 0 Å². The second-order valence-corrected chi connectivity index (χ2v) is 3.83. The van der Waals surface area contributed by atoms with Crippen LogP contribution in [0.4, 0.5) is 0 Å². The summed E-state index contributed by atoms with van der Waals surface area (Å²) in [6, 6.07) is 3.46. The topological polar surface area (TPSA) is 106 Å². The molecule has 1 atom stereocenters. The minimum atomic E-state index is -0.620. The van der Waals surface area contributed by atoms with Gasteiger partial charge in [0, 0.05) is 18.6 Å². The van der Waals surface area contributed by atoms with Crippen molar-refractivity contribution in [1.29, 1.82) is 0 Å². The van der Waals surface area contributed by atoms with E-state index in [1.807, 2.05) is 0 Å². The molecule has 0 amide bonds. The van der Waals surface area contributed by atoms with Crippen molar-refractivity contribution in [2.45, 2.75) is 12.5 Å². The second-order valence-electron chi connectivity index (χ2n) is 3.83. The van der Waals surface area contributed by atoms with Gasteiger partial charge in [-0.05, 0) is 12.1 Å². The predicted molar refractivity (Wildman–Crippen MR) is 77.8 cm³/mol. The highest BCUT2D eigenvalue weighted by Crippen LogP contribution is 2.08. The van der Waals surface area contributed by atoms with E-state index in [4.69, 9.17) is 24.1 Å². The van der Waals surface area contributed by atoms with Gasteiger partial charge in [0.2, 0.25) is 0 Å². The third kappa shape index (κ3) is 9.51. The van der Waals surface area contributed by atoms with Gasteiger partial charge in [0.05, 0.1) is 19.5 Å². The molecule has 0 aromatic carbocycles. The molecule has 0 aliphatic rings. The number of furan rings is 1. The zero-order chi connectivity index (χ0) is 16.8. The highest BCUT2D eigenvalue weighted by molar-refractivity contribution is 5.82. The number of esters is 2. The molecule has 1 unspecified atom stereocenters. The fourth-order valence-corrected chi connectivity index (χ4v) is 1.23. The first-order chi connectivity index (χ1) is 10.6. The van der Waals surface area contributed by atoms with Crippen LogP contribution in [0.1, 0.15) is 5.76 Å². The van der Waals surface area contributed by atoms with Crippen LogP contribution >= 0.6 is 0 Å². The lowest BCUT2D eigenvalue weighted by molar-refractivity contribution is -0.152. The van der Waals surface area contributed by atoms with Gasteiger partial charge in [-0.25, -0.2) is 9.59 Å². The monoisotopic (exact) mass is 312 g/mol. The van der Waals surface area contributed by atoms with Crippen LogP contribution in [0, 0.1) is 0 Å². The summed E-state index contributed by atoms with van der Waals surface area (Å²) in [4.78, 5) is 22.1. The standard InChI is InChI=1S/C13H14O5.C2H6O2/c1-3-12(14)17-9-11(18-13(15)4-2)8-10-6-5-7-16-10;3-1-2-4/h3-7,11H,1-2,8-9H2;3-4H,1-2H2. The number of aliphatic hydroxyl groups excluding tert-OH is 2. The summed E-state index contributed by atoms with van der Waals surface area (Å²) in [7, 11) is 0. The van der Waals surface area contributed by atoms with Crippen molar-refractivity contribution in [3.05, 3.63) is 49.5 Å². The normalized spacial score (nSPS) is 10.6. The van der Waals surface area contributed by atoms with Gasteiger partial charge in [-0.2, -0.15) is 0 Å². The number of aliphatic hydroxyl groups is 2. The molecule has 0 fully saturated rings. The second kappa shape index (κ2) is 12.4. The summed E-state index contributed by atoms with van der Waals surface area (Å²) in [6.45, 7) is 6.26. The highest BCUT2D eigenvalue weighted by atomic mass is 16.6. The first-order valence-electron chi connectivity index (χ1n) is 6.43. The van der Waals surface area contributed by atoms with E-state index in [2.05, 4.69) is 13.2 Å². The van der Waals surface area contributed by atoms with Crippen LogP contribution in [-0.4, -0.2) is 48.1 Å². The van der Waals surface area contributed by atoms with E-state index in [9.17, 15) is 9.59 Å². The Balaban J connectivity index is 0.000000980. The van der Waals surface area contributed by atoms with Gasteiger partial charge in [0.1, 0.15) is 18.5 Å². The summed E-state index contributed by atoms with van der Waals surface area (Å²) >= 11 is 0. The summed E-state index contributed by atoms with van der Waals surface area (Å²) in [6.07, 6.45) is 3.30. The molecule has 22 heavy (non-hydrogen) atoms. The summed E-state index contributed by atoms with van der Waals surface area (Å²) in [5.41, 5.74) is 0. The molecule has 0 saturated heterocycles. The summed E-state index contributed by atoms with van der Waals surface area (Å²) in [5.74, 6) is -0.526. The van der Waals surface area contributed by atoms with Crippen LogP contribution in [-0.2, 0) is 25.5 Å². The average molecular weight is 312 g/mol. The van der Waals surface area contributed by atoms with Crippen molar-refractivity contribution in [2.24, 2.45) is 0 Å². The van der Waals surface area contributed by atoms with Crippen molar-refractivity contribution in [2.75, 3.05) is 19.8 Å². The van der Waals surface area contributed by atoms with Gasteiger partial charge in [-0.3, -0.25) is 0 Å². The van der Waals surface area contributed by atoms with Gasteiger partial charge >= 0.3 is 11.9 Å². The molecule has 0 aliphatic heterocycles. The predicted octanol–water partition coefficient (Wildman–Crippen LogP) is 0.620. The third-order valence-corrected chi connectivity index (χ3v) is 2.14. The van der Waals surface area contributed by atoms with Crippen molar-refractivity contribution in [3.8, 4) is 0 Å². The van der Waals surface area contributed by atoms with E-state index in [0.29, 0.717) is 12.2 Å². The van der Waals surface area contributed by atoms with Crippen LogP contribution < -0.4 is 0 Å². The van der Waals surface area contributed by atoms with E-state index in [1.165, 1.54) is 6.26 Å². The van der Waals surface area contributed by atoms with Gasteiger partial charge in [0.25, 0.3) is 0 Å². The molecule has 1 heterocycles. The lowest BCUT2D eigenvalue weighted by Gasteiger charge is -2.15. The average Bonchev–Trinajstić information content (AvgIpc) is 3.05. The molecule has 0 bridgehead atoms. The van der Waals surface area contributed by atoms with Crippen molar-refractivity contribution >= 4 is 11.9 Å². The fraction of sp³-hybridized carbons (Fsp3) is 0.333. The van der Waals surface area contributed by atoms with Gasteiger partial charge in [-0.15, -0.1) is 0 Å². The zero-order valence-corrected chi connectivity index (χ0v) is 12.1. The SMILES string of the molecule is C=CC(=O)OCC(Cc1ccco1)OC(=O)C=C.OCCO. The van der Waals surface area contributed by atoms with E-state index >= 15 is 0 Å². The van der Waals surface area contributed by atoms with Crippen molar-refractivity contribution < 1.29 is 33.7 Å². The first-order valence-corrected chi connectivity index (χ1v) is 6.43. The van der Waals surface area contributed by atoms with Crippen LogP contribution in [0.15, 0.2) is 48.1 Å². The molecule has 0 radical (unpaired) electrons. The van der Waals surface area contributed by atoms with E-state index in [1.54, 1.807) is 12.1 Å². The molecule has 7 heteroatoms. The number of carbonyl (C=O) groups is 2. The molecule has 1 aromatic rings. The quantitative estimate of drug-likeness (QED) is 0.535. The van der Waals surface area contributed by atoms with Crippen molar-refractivity contribution in [1.82, 2.24) is 0 Å². The maximum atomic E-state index is 11.1. The Bertz CT molecular complexity index is 448.